The Bertz CT molecular complexity index is 2770. The molecule has 9 aromatic rings. The molecule has 0 saturated carbocycles. The molecular formula is C49H35NS. The van der Waals surface area contributed by atoms with Crippen LogP contribution in [-0.2, 0) is 5.41 Å². The SMILES string of the molecule is CC1(C)c2cc(N(c3ccc(-c4ccc5ccccc5c4)cc3)c3ccccc3-c3ccccc3)ccc2-c2ccc3c(sc4ccccc43)c21. The van der Waals surface area contributed by atoms with Gasteiger partial charge in [-0.05, 0) is 92.2 Å². The van der Waals surface area contributed by atoms with Gasteiger partial charge in [0, 0.05) is 42.5 Å². The van der Waals surface area contributed by atoms with Crippen LogP contribution in [0.4, 0.5) is 17.1 Å². The summed E-state index contributed by atoms with van der Waals surface area (Å²) in [6, 6.07) is 64.6. The average molecular weight is 670 g/mol. The summed E-state index contributed by atoms with van der Waals surface area (Å²) in [6.07, 6.45) is 0. The molecule has 0 saturated heterocycles. The molecule has 8 aromatic carbocycles. The summed E-state index contributed by atoms with van der Waals surface area (Å²) >= 11 is 1.93. The number of para-hydroxylation sites is 1. The van der Waals surface area contributed by atoms with Gasteiger partial charge in [-0.2, -0.15) is 0 Å². The number of nitrogens with zero attached hydrogens (tertiary/aromatic N) is 1. The Morgan fingerprint density at radius 3 is 2.00 bits per heavy atom. The van der Waals surface area contributed by atoms with Crippen molar-refractivity contribution >= 4 is 59.3 Å². The van der Waals surface area contributed by atoms with Gasteiger partial charge in [-0.3, -0.25) is 0 Å². The summed E-state index contributed by atoms with van der Waals surface area (Å²) in [4.78, 5) is 2.45. The highest BCUT2D eigenvalue weighted by molar-refractivity contribution is 7.26. The summed E-state index contributed by atoms with van der Waals surface area (Å²) in [5.41, 5.74) is 13.6. The van der Waals surface area contributed by atoms with E-state index in [0.29, 0.717) is 0 Å². The van der Waals surface area contributed by atoms with Gasteiger partial charge in [-0.15, -0.1) is 11.3 Å². The Hall–Kier alpha value is -5.96. The fourth-order valence-corrected chi connectivity index (χ4v) is 9.73. The lowest BCUT2D eigenvalue weighted by atomic mass is 9.81. The van der Waals surface area contributed by atoms with Crippen molar-refractivity contribution < 1.29 is 0 Å². The number of hydrogen-bond donors (Lipinski definition) is 0. The molecule has 0 fully saturated rings. The first kappa shape index (κ1) is 29.9. The van der Waals surface area contributed by atoms with E-state index < -0.39 is 0 Å². The van der Waals surface area contributed by atoms with Crippen molar-refractivity contribution in [3.8, 4) is 33.4 Å². The van der Waals surface area contributed by atoms with Crippen LogP contribution in [0.2, 0.25) is 0 Å². The van der Waals surface area contributed by atoms with E-state index in [4.69, 9.17) is 0 Å². The van der Waals surface area contributed by atoms with Gasteiger partial charge in [-0.25, -0.2) is 0 Å². The van der Waals surface area contributed by atoms with E-state index in [2.05, 4.69) is 195 Å². The van der Waals surface area contributed by atoms with E-state index in [-0.39, 0.29) is 5.41 Å². The van der Waals surface area contributed by atoms with Gasteiger partial charge in [0.15, 0.2) is 0 Å². The van der Waals surface area contributed by atoms with E-state index in [0.717, 1.165) is 17.1 Å². The minimum absolute atomic E-state index is 0.161. The van der Waals surface area contributed by atoms with Crippen LogP contribution >= 0.6 is 11.3 Å². The Morgan fingerprint density at radius 1 is 0.451 bits per heavy atom. The number of rotatable bonds is 5. The fraction of sp³-hybridized carbons (Fsp3) is 0.0612. The number of thiophene rings is 1. The minimum Gasteiger partial charge on any atom is -0.310 e. The summed E-state index contributed by atoms with van der Waals surface area (Å²) in [5.74, 6) is 0. The van der Waals surface area contributed by atoms with Crippen LogP contribution in [0.25, 0.3) is 64.3 Å². The van der Waals surface area contributed by atoms with E-state index in [9.17, 15) is 0 Å². The van der Waals surface area contributed by atoms with Crippen LogP contribution < -0.4 is 4.90 Å². The van der Waals surface area contributed by atoms with Crippen molar-refractivity contribution in [3.63, 3.8) is 0 Å². The first-order valence-corrected chi connectivity index (χ1v) is 18.5. The summed E-state index contributed by atoms with van der Waals surface area (Å²) in [6.45, 7) is 4.82. The molecule has 0 radical (unpaired) electrons. The lowest BCUT2D eigenvalue weighted by Crippen LogP contribution is -2.17. The molecule has 0 aliphatic heterocycles. The van der Waals surface area contributed by atoms with Crippen molar-refractivity contribution in [1.82, 2.24) is 0 Å². The summed E-state index contributed by atoms with van der Waals surface area (Å²) < 4.78 is 2.76. The molecule has 0 amide bonds. The zero-order valence-electron chi connectivity index (χ0n) is 28.6. The van der Waals surface area contributed by atoms with Gasteiger partial charge >= 0.3 is 0 Å². The van der Waals surface area contributed by atoms with Crippen molar-refractivity contribution in [1.29, 1.82) is 0 Å². The zero-order chi connectivity index (χ0) is 34.1. The highest BCUT2D eigenvalue weighted by atomic mass is 32.1. The van der Waals surface area contributed by atoms with Crippen LogP contribution in [0.3, 0.4) is 0 Å². The maximum absolute atomic E-state index is 2.45. The third-order valence-corrected chi connectivity index (χ3v) is 12.0. The maximum Gasteiger partial charge on any atom is 0.0540 e. The minimum atomic E-state index is -0.161. The van der Waals surface area contributed by atoms with Crippen molar-refractivity contribution in [2.45, 2.75) is 19.3 Å². The second-order valence-electron chi connectivity index (χ2n) is 14.1. The highest BCUT2D eigenvalue weighted by Gasteiger charge is 2.38. The number of anilines is 3. The predicted octanol–water partition coefficient (Wildman–Crippen LogP) is 14.3. The molecule has 0 N–H and O–H groups in total. The van der Waals surface area contributed by atoms with E-state index in [1.807, 2.05) is 11.3 Å². The number of benzene rings is 8. The number of hydrogen-bond acceptors (Lipinski definition) is 2. The highest BCUT2D eigenvalue weighted by Crippen LogP contribution is 2.55. The average Bonchev–Trinajstić information content (AvgIpc) is 3.67. The topological polar surface area (TPSA) is 3.24 Å². The Labute approximate surface area is 302 Å². The van der Waals surface area contributed by atoms with Crippen LogP contribution in [0.15, 0.2) is 176 Å². The Balaban J connectivity index is 1.13. The van der Waals surface area contributed by atoms with Gasteiger partial charge in [0.05, 0.1) is 5.69 Å². The smallest absolute Gasteiger partial charge is 0.0540 e. The lowest BCUT2D eigenvalue weighted by Gasteiger charge is -2.30. The Kier molecular flexibility index (Phi) is 6.78. The molecule has 242 valence electrons. The van der Waals surface area contributed by atoms with E-state index >= 15 is 0 Å². The number of fused-ring (bicyclic) bond motifs is 8. The van der Waals surface area contributed by atoms with E-state index in [1.165, 1.54) is 75.5 Å². The van der Waals surface area contributed by atoms with Crippen LogP contribution in [-0.4, -0.2) is 0 Å². The van der Waals surface area contributed by atoms with Crippen LogP contribution in [0, 0.1) is 0 Å². The van der Waals surface area contributed by atoms with Gasteiger partial charge in [0.1, 0.15) is 0 Å². The molecular weight excluding hydrogens is 635 g/mol. The first-order chi connectivity index (χ1) is 25.0. The molecule has 0 unspecified atom stereocenters. The maximum atomic E-state index is 2.45. The van der Waals surface area contributed by atoms with Gasteiger partial charge in [0.2, 0.25) is 0 Å². The molecule has 51 heavy (non-hydrogen) atoms. The molecule has 0 bridgehead atoms. The third kappa shape index (κ3) is 4.75. The fourth-order valence-electron chi connectivity index (χ4n) is 8.32. The molecule has 1 aliphatic rings. The van der Waals surface area contributed by atoms with E-state index in [1.54, 1.807) is 0 Å². The summed E-state index contributed by atoms with van der Waals surface area (Å²) in [5, 5.41) is 5.23. The molecule has 0 spiro atoms. The van der Waals surface area contributed by atoms with Gasteiger partial charge in [-0.1, -0.05) is 147 Å². The predicted molar refractivity (Wildman–Crippen MR) is 220 cm³/mol. The molecule has 1 heterocycles. The van der Waals surface area contributed by atoms with Crippen LogP contribution in [0.1, 0.15) is 25.0 Å². The quantitative estimate of drug-likeness (QED) is 0.176. The van der Waals surface area contributed by atoms with Gasteiger partial charge < -0.3 is 4.90 Å². The van der Waals surface area contributed by atoms with Gasteiger partial charge in [0.25, 0.3) is 0 Å². The third-order valence-electron chi connectivity index (χ3n) is 10.8. The Morgan fingerprint density at radius 2 is 1.14 bits per heavy atom. The van der Waals surface area contributed by atoms with Crippen LogP contribution in [0.5, 0.6) is 0 Å². The summed E-state index contributed by atoms with van der Waals surface area (Å²) in [7, 11) is 0. The molecule has 1 aromatic heterocycles. The van der Waals surface area contributed by atoms with Crippen molar-refractivity contribution in [2.75, 3.05) is 4.90 Å². The second kappa shape index (κ2) is 11.6. The largest absolute Gasteiger partial charge is 0.310 e. The first-order valence-electron chi connectivity index (χ1n) is 17.7. The molecule has 1 aliphatic carbocycles. The molecule has 1 nitrogen and oxygen atoms in total. The van der Waals surface area contributed by atoms with Crippen molar-refractivity contribution in [2.24, 2.45) is 0 Å². The zero-order valence-corrected chi connectivity index (χ0v) is 29.4. The molecule has 2 heteroatoms. The standard InChI is InChI=1S/C49H35NS/c1-49(2)44-31-38(26-27-40(44)42-28-29-43-41-17-9-11-19-46(41)51-48(43)47(42)49)50(45-18-10-8-16-39(45)34-13-4-3-5-14-34)37-24-22-33(23-25-37)36-21-20-32-12-6-7-15-35(32)30-36/h3-31H,1-2H3. The van der Waals surface area contributed by atoms with Crippen molar-refractivity contribution in [3.05, 3.63) is 187 Å². The normalized spacial score (nSPS) is 13.1. The monoisotopic (exact) mass is 669 g/mol. The molecule has 10 rings (SSSR count). The lowest BCUT2D eigenvalue weighted by molar-refractivity contribution is 0.667. The second-order valence-corrected chi connectivity index (χ2v) is 15.2. The molecule has 0 atom stereocenters.